The Hall–Kier alpha value is -3.22. The summed E-state index contributed by atoms with van der Waals surface area (Å²) in [7, 11) is 3.10. The molecule has 0 saturated carbocycles. The number of hydrogen-bond donors (Lipinski definition) is 1. The van der Waals surface area contributed by atoms with Crippen molar-refractivity contribution in [3.63, 3.8) is 0 Å². The van der Waals surface area contributed by atoms with Crippen LogP contribution in [0.3, 0.4) is 0 Å². The Labute approximate surface area is 150 Å². The zero-order chi connectivity index (χ0) is 19.1. The van der Waals surface area contributed by atoms with Crippen LogP contribution in [0.4, 0.5) is 4.39 Å². The highest BCUT2D eigenvalue weighted by Gasteiger charge is 2.26. The van der Waals surface area contributed by atoms with Crippen LogP contribution in [0.25, 0.3) is 0 Å². The molecule has 0 aliphatic heterocycles. The van der Waals surface area contributed by atoms with Crippen LogP contribution in [-0.4, -0.2) is 43.3 Å². The number of rotatable bonds is 6. The molecule has 0 saturated heterocycles. The van der Waals surface area contributed by atoms with Crippen LogP contribution in [0.15, 0.2) is 54.6 Å². The van der Waals surface area contributed by atoms with E-state index in [9.17, 15) is 18.8 Å². The van der Waals surface area contributed by atoms with Gasteiger partial charge >= 0.3 is 5.97 Å². The van der Waals surface area contributed by atoms with Gasteiger partial charge < -0.3 is 15.0 Å². The van der Waals surface area contributed by atoms with Gasteiger partial charge in [-0.05, 0) is 12.1 Å². The second-order valence-electron chi connectivity index (χ2n) is 5.68. The number of carbonyl (C=O) groups is 3. The van der Waals surface area contributed by atoms with Crippen LogP contribution < -0.4 is 5.32 Å². The maximum absolute atomic E-state index is 13.6. The van der Waals surface area contributed by atoms with Gasteiger partial charge in [-0.25, -0.2) is 4.39 Å². The number of benzene rings is 2. The summed E-state index contributed by atoms with van der Waals surface area (Å²) in [5.74, 6) is -2.65. The zero-order valence-corrected chi connectivity index (χ0v) is 14.4. The summed E-state index contributed by atoms with van der Waals surface area (Å²) in [6, 6.07) is 14.0. The highest BCUT2D eigenvalue weighted by Crippen LogP contribution is 2.19. The van der Waals surface area contributed by atoms with Crippen molar-refractivity contribution < 1.29 is 23.5 Å². The molecule has 136 valence electrons. The maximum Gasteiger partial charge on any atom is 0.326 e. The third kappa shape index (κ3) is 4.89. The minimum Gasteiger partial charge on any atom is -0.446 e. The van der Waals surface area contributed by atoms with Gasteiger partial charge in [0.05, 0.1) is 5.56 Å². The first kappa shape index (κ1) is 19.1. The van der Waals surface area contributed by atoms with Gasteiger partial charge in [0.1, 0.15) is 12.4 Å². The molecule has 0 aromatic heterocycles. The van der Waals surface area contributed by atoms with Crippen LogP contribution in [0.2, 0.25) is 0 Å². The smallest absolute Gasteiger partial charge is 0.326 e. The lowest BCUT2D eigenvalue weighted by molar-refractivity contribution is -0.158. The summed E-state index contributed by atoms with van der Waals surface area (Å²) < 4.78 is 18.8. The SMILES string of the molecule is CN(C)C(=O)[C@@H](OC(=O)CNC(=O)c1ccccc1F)c1ccccc1. The summed E-state index contributed by atoms with van der Waals surface area (Å²) in [4.78, 5) is 37.6. The molecule has 6 nitrogen and oxygen atoms in total. The highest BCUT2D eigenvalue weighted by atomic mass is 19.1. The van der Waals surface area contributed by atoms with E-state index in [1.54, 1.807) is 44.4 Å². The van der Waals surface area contributed by atoms with Gasteiger partial charge in [-0.15, -0.1) is 0 Å². The number of ether oxygens (including phenoxy) is 1. The third-order valence-corrected chi connectivity index (χ3v) is 3.53. The molecule has 2 amide bonds. The molecule has 0 heterocycles. The lowest BCUT2D eigenvalue weighted by Crippen LogP contribution is -2.35. The minimum atomic E-state index is -1.12. The Morgan fingerprint density at radius 3 is 2.27 bits per heavy atom. The lowest BCUT2D eigenvalue weighted by atomic mass is 10.1. The van der Waals surface area contributed by atoms with Crippen molar-refractivity contribution in [2.75, 3.05) is 20.6 Å². The fraction of sp³-hybridized carbons (Fsp3) is 0.211. The Balaban J connectivity index is 2.02. The molecular weight excluding hydrogens is 339 g/mol. The summed E-state index contributed by atoms with van der Waals surface area (Å²) in [6.07, 6.45) is -1.12. The first-order valence-electron chi connectivity index (χ1n) is 7.88. The molecule has 0 aliphatic carbocycles. The Morgan fingerprint density at radius 1 is 1.04 bits per heavy atom. The van der Waals surface area contributed by atoms with Gasteiger partial charge in [0.2, 0.25) is 6.10 Å². The Morgan fingerprint density at radius 2 is 1.65 bits per heavy atom. The molecule has 0 spiro atoms. The molecule has 1 N–H and O–H groups in total. The fourth-order valence-electron chi connectivity index (χ4n) is 2.19. The van der Waals surface area contributed by atoms with Crippen molar-refractivity contribution >= 4 is 17.8 Å². The summed E-state index contributed by atoms with van der Waals surface area (Å²) in [5, 5.41) is 2.29. The molecule has 1 atom stereocenters. The number of amides is 2. The maximum atomic E-state index is 13.6. The van der Waals surface area contributed by atoms with Crippen LogP contribution in [0, 0.1) is 5.82 Å². The summed E-state index contributed by atoms with van der Waals surface area (Å²) in [5.41, 5.74) is 0.337. The van der Waals surface area contributed by atoms with E-state index in [0.717, 1.165) is 6.07 Å². The number of halogens is 1. The second kappa shape index (κ2) is 8.75. The number of esters is 1. The molecule has 0 radical (unpaired) electrons. The number of hydrogen-bond acceptors (Lipinski definition) is 4. The summed E-state index contributed by atoms with van der Waals surface area (Å²) >= 11 is 0. The van der Waals surface area contributed by atoms with Gasteiger partial charge in [-0.3, -0.25) is 14.4 Å². The van der Waals surface area contributed by atoms with Gasteiger partial charge in [-0.1, -0.05) is 42.5 Å². The van der Waals surface area contributed by atoms with E-state index in [0.29, 0.717) is 5.56 Å². The lowest BCUT2D eigenvalue weighted by Gasteiger charge is -2.21. The number of likely N-dealkylation sites (N-methyl/N-ethyl adjacent to an activating group) is 1. The Bertz CT molecular complexity index is 793. The molecule has 0 bridgehead atoms. The van der Waals surface area contributed by atoms with Gasteiger partial charge in [0.25, 0.3) is 11.8 Å². The van der Waals surface area contributed by atoms with E-state index in [2.05, 4.69) is 5.32 Å². The van der Waals surface area contributed by atoms with Gasteiger partial charge in [0.15, 0.2) is 0 Å². The van der Waals surface area contributed by atoms with Crippen molar-refractivity contribution in [2.45, 2.75) is 6.10 Å². The minimum absolute atomic E-state index is 0.177. The molecule has 2 rings (SSSR count). The van der Waals surface area contributed by atoms with Crippen LogP contribution in [-0.2, 0) is 14.3 Å². The number of nitrogens with one attached hydrogen (secondary N) is 1. The second-order valence-corrected chi connectivity index (χ2v) is 5.68. The fourth-order valence-corrected chi connectivity index (χ4v) is 2.19. The topological polar surface area (TPSA) is 75.7 Å². The van der Waals surface area contributed by atoms with Crippen molar-refractivity contribution in [3.05, 3.63) is 71.5 Å². The van der Waals surface area contributed by atoms with E-state index >= 15 is 0 Å². The van der Waals surface area contributed by atoms with E-state index in [-0.39, 0.29) is 5.56 Å². The van der Waals surface area contributed by atoms with Crippen molar-refractivity contribution in [1.29, 1.82) is 0 Å². The van der Waals surface area contributed by atoms with Crippen molar-refractivity contribution in [2.24, 2.45) is 0 Å². The molecule has 26 heavy (non-hydrogen) atoms. The summed E-state index contributed by atoms with van der Waals surface area (Å²) in [6.45, 7) is -0.489. The quantitative estimate of drug-likeness (QED) is 0.801. The molecule has 7 heteroatoms. The number of nitrogens with zero attached hydrogens (tertiary/aromatic N) is 1. The van der Waals surface area contributed by atoms with Gasteiger partial charge in [-0.2, -0.15) is 0 Å². The van der Waals surface area contributed by atoms with E-state index in [1.807, 2.05) is 0 Å². The third-order valence-electron chi connectivity index (χ3n) is 3.53. The molecule has 2 aromatic rings. The molecular formula is C19H19FN2O4. The largest absolute Gasteiger partial charge is 0.446 e. The van der Waals surface area contributed by atoms with Gasteiger partial charge in [0, 0.05) is 19.7 Å². The average molecular weight is 358 g/mol. The van der Waals surface area contributed by atoms with Crippen LogP contribution in [0.1, 0.15) is 22.0 Å². The molecule has 0 unspecified atom stereocenters. The van der Waals surface area contributed by atoms with Crippen molar-refractivity contribution in [1.82, 2.24) is 10.2 Å². The standard InChI is InChI=1S/C19H19FN2O4/c1-22(2)19(25)17(13-8-4-3-5-9-13)26-16(23)12-21-18(24)14-10-6-7-11-15(14)20/h3-11,17H,12H2,1-2H3,(H,21,24)/t17-/m0/s1. The molecule has 0 fully saturated rings. The normalized spacial score (nSPS) is 11.3. The predicted molar refractivity (Wildman–Crippen MR) is 92.7 cm³/mol. The van der Waals surface area contributed by atoms with E-state index in [4.69, 9.17) is 4.74 Å². The van der Waals surface area contributed by atoms with Crippen LogP contribution >= 0.6 is 0 Å². The van der Waals surface area contributed by atoms with Crippen molar-refractivity contribution in [3.8, 4) is 0 Å². The number of carbonyl (C=O) groups excluding carboxylic acids is 3. The molecule has 2 aromatic carbocycles. The predicted octanol–water partition coefficient (Wildman–Crippen LogP) is 1.93. The first-order valence-corrected chi connectivity index (χ1v) is 7.88. The first-order chi connectivity index (χ1) is 12.4. The van der Waals surface area contributed by atoms with Crippen LogP contribution in [0.5, 0.6) is 0 Å². The monoisotopic (exact) mass is 358 g/mol. The average Bonchev–Trinajstić information content (AvgIpc) is 2.64. The van der Waals surface area contributed by atoms with E-state index < -0.39 is 36.2 Å². The molecule has 0 aliphatic rings. The Kier molecular flexibility index (Phi) is 6.43. The zero-order valence-electron chi connectivity index (χ0n) is 14.4. The highest BCUT2D eigenvalue weighted by molar-refractivity contribution is 5.96. The van der Waals surface area contributed by atoms with E-state index in [1.165, 1.54) is 23.1 Å².